The van der Waals surface area contributed by atoms with Gasteiger partial charge in [0.25, 0.3) is 5.91 Å². The number of benzene rings is 3. The van der Waals surface area contributed by atoms with Crippen LogP contribution in [0.25, 0.3) is 16.9 Å². The molecule has 2 amide bonds. The van der Waals surface area contributed by atoms with E-state index in [1.165, 1.54) is 23.1 Å². The molecular weight excluding hydrogens is 590 g/mol. The van der Waals surface area contributed by atoms with Crippen LogP contribution in [0.4, 0.5) is 32.2 Å². The quantitative estimate of drug-likeness (QED) is 0.185. The van der Waals surface area contributed by atoms with E-state index in [0.29, 0.717) is 23.5 Å². The van der Waals surface area contributed by atoms with Crippen molar-refractivity contribution in [2.24, 2.45) is 0 Å². The van der Waals surface area contributed by atoms with Gasteiger partial charge in [-0.25, -0.2) is 4.68 Å². The van der Waals surface area contributed by atoms with Crippen molar-refractivity contribution >= 4 is 17.6 Å². The molecular formula is C31H22F6N4O3. The van der Waals surface area contributed by atoms with Gasteiger partial charge in [-0.1, -0.05) is 48.5 Å². The standard InChI is InChI=1S/C31H22F6N4O3/c32-30(33,34)22-14-21(15-23(16-22)31(35,36)37)29(43)40(18-25-12-7-13-44-25)19-28(42)38-27-17-26(20-8-3-1-4-9-20)39-41(27)24-10-5-2-6-11-24/h1-17H,18-19H2,(H,38,42). The summed E-state index contributed by atoms with van der Waals surface area (Å²) in [6, 6.07) is 23.0. The Morgan fingerprint density at radius 3 is 1.98 bits per heavy atom. The minimum atomic E-state index is -5.16. The molecule has 2 aromatic heterocycles. The maximum Gasteiger partial charge on any atom is 0.416 e. The Bertz CT molecular complexity index is 1720. The van der Waals surface area contributed by atoms with Gasteiger partial charge >= 0.3 is 12.4 Å². The summed E-state index contributed by atoms with van der Waals surface area (Å²) < 4.78 is 87.6. The maximum absolute atomic E-state index is 13.5. The number of nitrogens with one attached hydrogen (secondary N) is 1. The van der Waals surface area contributed by atoms with Gasteiger partial charge in [-0.15, -0.1) is 0 Å². The van der Waals surface area contributed by atoms with Gasteiger partial charge in [0.15, 0.2) is 0 Å². The van der Waals surface area contributed by atoms with Crippen molar-refractivity contribution in [3.8, 4) is 16.9 Å². The fourth-order valence-corrected chi connectivity index (χ4v) is 4.39. The fraction of sp³-hybridized carbons (Fsp3) is 0.129. The predicted octanol–water partition coefficient (Wildman–Crippen LogP) is 7.45. The lowest BCUT2D eigenvalue weighted by molar-refractivity contribution is -0.143. The zero-order valence-corrected chi connectivity index (χ0v) is 22.6. The highest BCUT2D eigenvalue weighted by molar-refractivity contribution is 5.99. The van der Waals surface area contributed by atoms with Crippen molar-refractivity contribution in [2.75, 3.05) is 11.9 Å². The SMILES string of the molecule is O=C(CN(Cc1ccco1)C(=O)c1cc(C(F)(F)F)cc(C(F)(F)F)c1)Nc1cc(-c2ccccc2)nn1-c1ccccc1. The predicted molar refractivity (Wildman–Crippen MR) is 148 cm³/mol. The molecule has 3 aromatic carbocycles. The third kappa shape index (κ3) is 7.00. The van der Waals surface area contributed by atoms with Crippen LogP contribution in [0.1, 0.15) is 27.2 Å². The smallest absolute Gasteiger partial charge is 0.416 e. The van der Waals surface area contributed by atoms with Crippen LogP contribution in [-0.4, -0.2) is 33.0 Å². The molecule has 0 bridgehead atoms. The Kier molecular flexibility index (Phi) is 8.30. The molecule has 0 fully saturated rings. The van der Waals surface area contributed by atoms with Crippen molar-refractivity contribution < 1.29 is 40.3 Å². The van der Waals surface area contributed by atoms with Gasteiger partial charge in [-0.05, 0) is 42.5 Å². The summed E-state index contributed by atoms with van der Waals surface area (Å²) in [6.45, 7) is -1.15. The molecule has 5 aromatic rings. The summed E-state index contributed by atoms with van der Waals surface area (Å²) in [5.41, 5.74) is -2.35. The second-order valence-corrected chi connectivity index (χ2v) is 9.61. The van der Waals surface area contributed by atoms with E-state index in [-0.39, 0.29) is 17.6 Å². The highest BCUT2D eigenvalue weighted by atomic mass is 19.4. The molecule has 0 spiro atoms. The van der Waals surface area contributed by atoms with Crippen molar-refractivity contribution in [1.82, 2.24) is 14.7 Å². The second kappa shape index (κ2) is 12.1. The number of amides is 2. The maximum atomic E-state index is 13.5. The Morgan fingerprint density at radius 2 is 1.41 bits per heavy atom. The van der Waals surface area contributed by atoms with Crippen LogP contribution in [0.3, 0.4) is 0 Å². The molecule has 0 aliphatic carbocycles. The first kappa shape index (κ1) is 30.1. The minimum Gasteiger partial charge on any atom is -0.467 e. The third-order valence-electron chi connectivity index (χ3n) is 6.43. The average Bonchev–Trinajstić information content (AvgIpc) is 3.66. The summed E-state index contributed by atoms with van der Waals surface area (Å²) in [4.78, 5) is 27.6. The van der Waals surface area contributed by atoms with E-state index >= 15 is 0 Å². The number of para-hydroxylation sites is 1. The topological polar surface area (TPSA) is 80.4 Å². The highest BCUT2D eigenvalue weighted by Gasteiger charge is 2.38. The summed E-state index contributed by atoms with van der Waals surface area (Å²) in [5.74, 6) is -1.67. The lowest BCUT2D eigenvalue weighted by atomic mass is 10.0. The summed E-state index contributed by atoms with van der Waals surface area (Å²) in [5, 5.41) is 7.25. The number of alkyl halides is 6. The summed E-state index contributed by atoms with van der Waals surface area (Å²) in [7, 11) is 0. The van der Waals surface area contributed by atoms with Crippen molar-refractivity contribution in [3.05, 3.63) is 126 Å². The number of halogens is 6. The molecule has 0 radical (unpaired) electrons. The number of carbonyl (C=O) groups excluding carboxylic acids is 2. The summed E-state index contributed by atoms with van der Waals surface area (Å²) in [6.07, 6.45) is -9.05. The van der Waals surface area contributed by atoms with Gasteiger partial charge < -0.3 is 14.6 Å². The molecule has 0 saturated carbocycles. The largest absolute Gasteiger partial charge is 0.467 e. The molecule has 13 heteroatoms. The van der Waals surface area contributed by atoms with Gasteiger partial charge in [0.2, 0.25) is 5.91 Å². The first-order valence-corrected chi connectivity index (χ1v) is 13.0. The van der Waals surface area contributed by atoms with Crippen LogP contribution < -0.4 is 5.32 Å². The van der Waals surface area contributed by atoms with E-state index in [1.807, 2.05) is 30.3 Å². The fourth-order valence-electron chi connectivity index (χ4n) is 4.39. The van der Waals surface area contributed by atoms with E-state index in [2.05, 4.69) is 10.4 Å². The zero-order chi connectivity index (χ0) is 31.5. The normalized spacial score (nSPS) is 11.8. The lowest BCUT2D eigenvalue weighted by Crippen LogP contribution is -2.38. The van der Waals surface area contributed by atoms with Gasteiger partial charge in [0.05, 0.1) is 35.3 Å². The molecule has 7 nitrogen and oxygen atoms in total. The van der Waals surface area contributed by atoms with E-state index in [9.17, 15) is 35.9 Å². The van der Waals surface area contributed by atoms with Crippen molar-refractivity contribution in [2.45, 2.75) is 18.9 Å². The molecule has 0 aliphatic heterocycles. The number of aromatic nitrogens is 2. The Labute approximate surface area is 246 Å². The first-order valence-electron chi connectivity index (χ1n) is 13.0. The lowest BCUT2D eigenvalue weighted by Gasteiger charge is -2.23. The number of rotatable bonds is 8. The van der Waals surface area contributed by atoms with Crippen molar-refractivity contribution in [1.29, 1.82) is 0 Å². The highest BCUT2D eigenvalue weighted by Crippen LogP contribution is 2.36. The zero-order valence-electron chi connectivity index (χ0n) is 22.6. The van der Waals surface area contributed by atoms with Crippen LogP contribution in [-0.2, 0) is 23.7 Å². The van der Waals surface area contributed by atoms with Crippen LogP contribution >= 0.6 is 0 Å². The van der Waals surface area contributed by atoms with Crippen LogP contribution in [0, 0.1) is 0 Å². The molecule has 1 N–H and O–H groups in total. The van der Waals surface area contributed by atoms with Crippen LogP contribution in [0.5, 0.6) is 0 Å². The molecule has 5 rings (SSSR count). The van der Waals surface area contributed by atoms with Crippen molar-refractivity contribution in [3.63, 3.8) is 0 Å². The van der Waals surface area contributed by atoms with Crippen LogP contribution in [0.2, 0.25) is 0 Å². The second-order valence-electron chi connectivity index (χ2n) is 9.61. The average molecular weight is 613 g/mol. The number of nitrogens with zero attached hydrogens (tertiary/aromatic N) is 3. The molecule has 226 valence electrons. The summed E-state index contributed by atoms with van der Waals surface area (Å²) >= 11 is 0. The molecule has 0 unspecified atom stereocenters. The number of furan rings is 1. The molecule has 0 atom stereocenters. The van der Waals surface area contributed by atoms with Gasteiger partial charge in [-0.2, -0.15) is 31.4 Å². The molecule has 44 heavy (non-hydrogen) atoms. The monoisotopic (exact) mass is 612 g/mol. The number of hydrogen-bond acceptors (Lipinski definition) is 4. The number of anilines is 1. The van der Waals surface area contributed by atoms with E-state index in [4.69, 9.17) is 4.42 Å². The van der Waals surface area contributed by atoms with E-state index in [1.54, 1.807) is 36.4 Å². The number of carbonyl (C=O) groups is 2. The number of hydrogen-bond donors (Lipinski definition) is 1. The van der Waals surface area contributed by atoms with Gasteiger partial charge in [0.1, 0.15) is 18.1 Å². The van der Waals surface area contributed by atoms with Crippen LogP contribution in [0.15, 0.2) is 108 Å². The third-order valence-corrected chi connectivity index (χ3v) is 6.43. The minimum absolute atomic E-state index is 0.0740. The first-order chi connectivity index (χ1) is 20.9. The van der Waals surface area contributed by atoms with E-state index < -0.39 is 53.9 Å². The molecule has 0 saturated heterocycles. The van der Waals surface area contributed by atoms with Gasteiger partial charge in [0, 0.05) is 17.2 Å². The Hall–Kier alpha value is -5.33. The van der Waals surface area contributed by atoms with Gasteiger partial charge in [-0.3, -0.25) is 9.59 Å². The Balaban J connectivity index is 1.47. The Morgan fingerprint density at radius 1 is 0.795 bits per heavy atom. The molecule has 2 heterocycles. The molecule has 0 aliphatic rings. The van der Waals surface area contributed by atoms with E-state index in [0.717, 1.165) is 10.5 Å².